The molecule has 0 fully saturated rings. The fourth-order valence-electron chi connectivity index (χ4n) is 10.2. The van der Waals surface area contributed by atoms with Crippen LogP contribution in [0.3, 0.4) is 0 Å². The first kappa shape index (κ1) is 87.9. The Balaban J connectivity index is 4.01. The zero-order valence-corrected chi connectivity index (χ0v) is 60.8. The van der Waals surface area contributed by atoms with Crippen LogP contribution >= 0.6 is 7.82 Å². The van der Waals surface area contributed by atoms with E-state index in [1.54, 1.807) is 0 Å². The fraction of sp³-hybridized carbons (Fsp3) is 0.683. The first-order chi connectivity index (χ1) is 45.0. The molecule has 0 radical (unpaired) electrons. The number of likely N-dealkylation sites (N-methyl/N-ethyl adjacent to an activating group) is 1. The van der Waals surface area contributed by atoms with E-state index in [0.717, 1.165) is 116 Å². The van der Waals surface area contributed by atoms with E-state index in [2.05, 4.69) is 160 Å². The molecule has 92 heavy (non-hydrogen) atoms. The monoisotopic (exact) mass is 1300 g/mol. The lowest BCUT2D eigenvalue weighted by Crippen LogP contribution is -2.37. The zero-order valence-electron chi connectivity index (χ0n) is 59.9. The van der Waals surface area contributed by atoms with Gasteiger partial charge in [0.1, 0.15) is 19.8 Å². The lowest BCUT2D eigenvalue weighted by atomic mass is 10.0. The van der Waals surface area contributed by atoms with Crippen LogP contribution in [-0.2, 0) is 32.7 Å². The minimum absolute atomic E-state index is 0.0353. The summed E-state index contributed by atoms with van der Waals surface area (Å²) in [6, 6.07) is 0. The standard InChI is InChI=1S/C82H140NO8P/c1-6-8-10-12-14-16-18-20-22-24-26-28-30-32-34-36-37-38-39-40-41-42-43-44-45-47-49-51-53-55-57-59-61-63-65-67-69-71-73-75-82(85)91-80(79-90-92(86,87)89-77-76-83(3,4)5)78-88-81(84)74-72-70-68-66-64-62-60-58-56-54-52-50-48-46-35-33-31-29-27-25-23-21-19-17-15-13-11-9-7-2/h8-11,14-17,20-23,26-29,32-35,37-38,40-41,80H,6-7,12-13,18-19,24-25,30-31,36,39,42-79H2,1-5H3/b10-8-,11-9-,16-14-,17-15-,22-20-,23-21-,28-26-,29-27-,34-32-,35-33-,38-37-,41-40-. The molecular weight excluding hydrogens is 1160 g/mol. The number of rotatable bonds is 68. The molecule has 9 nitrogen and oxygen atoms in total. The lowest BCUT2D eigenvalue weighted by Gasteiger charge is -2.28. The maximum Gasteiger partial charge on any atom is 0.306 e. The summed E-state index contributed by atoms with van der Waals surface area (Å²) in [5.74, 6) is -0.831. The van der Waals surface area contributed by atoms with E-state index in [0.29, 0.717) is 17.4 Å². The second-order valence-corrected chi connectivity index (χ2v) is 27.3. The Hall–Kier alpha value is -4.11. The zero-order chi connectivity index (χ0) is 66.9. The third-order valence-electron chi connectivity index (χ3n) is 15.9. The summed E-state index contributed by atoms with van der Waals surface area (Å²) in [7, 11) is 1.16. The molecule has 0 aromatic carbocycles. The van der Waals surface area contributed by atoms with Gasteiger partial charge in [-0.25, -0.2) is 0 Å². The molecule has 0 heterocycles. The largest absolute Gasteiger partial charge is 0.756 e. The highest BCUT2D eigenvalue weighted by molar-refractivity contribution is 7.45. The van der Waals surface area contributed by atoms with Crippen molar-refractivity contribution < 1.29 is 42.1 Å². The van der Waals surface area contributed by atoms with Crippen molar-refractivity contribution in [1.82, 2.24) is 0 Å². The second kappa shape index (κ2) is 71.2. The summed E-state index contributed by atoms with van der Waals surface area (Å²) in [6.07, 6.45) is 105. The smallest absolute Gasteiger partial charge is 0.306 e. The molecule has 10 heteroatoms. The van der Waals surface area contributed by atoms with E-state index in [-0.39, 0.29) is 32.0 Å². The van der Waals surface area contributed by atoms with Gasteiger partial charge in [-0.3, -0.25) is 14.2 Å². The van der Waals surface area contributed by atoms with Crippen molar-refractivity contribution in [3.05, 3.63) is 146 Å². The number of allylic oxidation sites excluding steroid dienone is 24. The van der Waals surface area contributed by atoms with Gasteiger partial charge in [-0.2, -0.15) is 0 Å². The van der Waals surface area contributed by atoms with E-state index in [9.17, 15) is 19.0 Å². The van der Waals surface area contributed by atoms with Gasteiger partial charge >= 0.3 is 11.9 Å². The van der Waals surface area contributed by atoms with Crippen molar-refractivity contribution in [1.29, 1.82) is 0 Å². The van der Waals surface area contributed by atoms with Gasteiger partial charge in [-0.05, 0) is 116 Å². The predicted octanol–water partition coefficient (Wildman–Crippen LogP) is 24.3. The molecule has 0 aromatic heterocycles. The van der Waals surface area contributed by atoms with Crippen LogP contribution in [0.1, 0.15) is 309 Å². The average molecular weight is 1300 g/mol. The van der Waals surface area contributed by atoms with Crippen LogP contribution in [-0.4, -0.2) is 70.0 Å². The highest BCUT2D eigenvalue weighted by atomic mass is 31.2. The van der Waals surface area contributed by atoms with Crippen molar-refractivity contribution in [3.8, 4) is 0 Å². The van der Waals surface area contributed by atoms with Crippen molar-refractivity contribution in [2.45, 2.75) is 315 Å². The molecule has 526 valence electrons. The highest BCUT2D eigenvalue weighted by Gasteiger charge is 2.22. The number of hydrogen-bond donors (Lipinski definition) is 0. The maximum absolute atomic E-state index is 12.9. The van der Waals surface area contributed by atoms with Crippen LogP contribution in [0, 0.1) is 0 Å². The van der Waals surface area contributed by atoms with Crippen molar-refractivity contribution in [2.75, 3.05) is 47.5 Å². The fourth-order valence-corrected chi connectivity index (χ4v) is 10.9. The molecule has 0 aliphatic rings. The minimum Gasteiger partial charge on any atom is -0.756 e. The first-order valence-electron chi connectivity index (χ1n) is 37.5. The molecule has 0 aliphatic heterocycles. The molecule has 2 atom stereocenters. The number of carbonyl (C=O) groups is 2. The number of phosphoric ester groups is 1. The van der Waals surface area contributed by atoms with E-state index in [1.165, 1.54) is 161 Å². The summed E-state index contributed by atoms with van der Waals surface area (Å²) in [4.78, 5) is 38.1. The first-order valence-corrected chi connectivity index (χ1v) is 39.0. The van der Waals surface area contributed by atoms with Crippen LogP contribution in [0.15, 0.2) is 146 Å². The Labute approximate surface area is 567 Å². The molecule has 0 saturated heterocycles. The molecule has 0 bridgehead atoms. The second-order valence-electron chi connectivity index (χ2n) is 25.9. The van der Waals surface area contributed by atoms with Gasteiger partial charge in [0.2, 0.25) is 0 Å². The Morgan fingerprint density at radius 3 is 0.870 bits per heavy atom. The van der Waals surface area contributed by atoms with Crippen molar-refractivity contribution >= 4 is 19.8 Å². The number of carbonyl (C=O) groups excluding carboxylic acids is 2. The van der Waals surface area contributed by atoms with E-state index >= 15 is 0 Å². The Kier molecular flexibility index (Phi) is 68.0. The molecule has 0 N–H and O–H groups in total. The van der Waals surface area contributed by atoms with E-state index < -0.39 is 26.5 Å². The molecule has 0 spiro atoms. The maximum atomic E-state index is 12.9. The summed E-state index contributed by atoms with van der Waals surface area (Å²) in [5.41, 5.74) is 0. The predicted molar refractivity (Wildman–Crippen MR) is 397 cm³/mol. The Morgan fingerprint density at radius 2 is 0.587 bits per heavy atom. The molecule has 0 saturated carbocycles. The number of quaternary nitrogens is 1. The van der Waals surface area contributed by atoms with Gasteiger partial charge in [0.25, 0.3) is 7.82 Å². The van der Waals surface area contributed by atoms with Crippen LogP contribution in [0.4, 0.5) is 0 Å². The van der Waals surface area contributed by atoms with Crippen LogP contribution < -0.4 is 4.89 Å². The number of hydrogen-bond acceptors (Lipinski definition) is 8. The summed E-state index contributed by atoms with van der Waals surface area (Å²) >= 11 is 0. The summed E-state index contributed by atoms with van der Waals surface area (Å²) < 4.78 is 34.4. The van der Waals surface area contributed by atoms with E-state index in [1.807, 2.05) is 21.1 Å². The molecule has 0 rings (SSSR count). The number of ether oxygens (including phenoxy) is 2. The topological polar surface area (TPSA) is 111 Å². The van der Waals surface area contributed by atoms with Gasteiger partial charge in [0.05, 0.1) is 27.7 Å². The quantitative estimate of drug-likeness (QED) is 0.0195. The summed E-state index contributed by atoms with van der Waals surface area (Å²) in [6.45, 7) is 4.03. The average Bonchev–Trinajstić information content (AvgIpc) is 2.14. The molecule has 0 amide bonds. The van der Waals surface area contributed by atoms with Gasteiger partial charge in [-0.15, -0.1) is 0 Å². The number of esters is 2. The van der Waals surface area contributed by atoms with Gasteiger partial charge < -0.3 is 27.9 Å². The Morgan fingerprint density at radius 1 is 0.337 bits per heavy atom. The van der Waals surface area contributed by atoms with Crippen LogP contribution in [0.25, 0.3) is 0 Å². The van der Waals surface area contributed by atoms with Crippen molar-refractivity contribution in [2.24, 2.45) is 0 Å². The Bertz CT molecular complexity index is 2070. The minimum atomic E-state index is -4.65. The van der Waals surface area contributed by atoms with Gasteiger partial charge in [0, 0.05) is 12.8 Å². The number of phosphoric acid groups is 1. The van der Waals surface area contributed by atoms with E-state index in [4.69, 9.17) is 18.5 Å². The normalized spacial score (nSPS) is 13.9. The van der Waals surface area contributed by atoms with Gasteiger partial charge in [0.15, 0.2) is 6.10 Å². The number of unbranched alkanes of at least 4 members (excludes halogenated alkanes) is 30. The molecule has 0 aliphatic carbocycles. The SMILES string of the molecule is CC/C=C\C/C=C\C/C=C\C/C=C\C/C=C\C/C=C\C/C=C\CCCCCCCCCCCCCCCCCCCC(=O)OC(COC(=O)CCCCCCCCCCCCCCC/C=C\C/C=C\C/C=C\C/C=C\C/C=C\CC)COP(=O)([O-])OCC[N+](C)(C)C. The molecule has 2 unspecified atom stereocenters. The van der Waals surface area contributed by atoms with Gasteiger partial charge in [-0.1, -0.05) is 327 Å². The molecular formula is C82H140NO8P. The van der Waals surface area contributed by atoms with Crippen LogP contribution in [0.2, 0.25) is 0 Å². The third-order valence-corrected chi connectivity index (χ3v) is 16.8. The third kappa shape index (κ3) is 74.9. The summed E-state index contributed by atoms with van der Waals surface area (Å²) in [5, 5.41) is 0. The number of nitrogens with zero attached hydrogens (tertiary/aromatic N) is 1. The highest BCUT2D eigenvalue weighted by Crippen LogP contribution is 2.38. The lowest BCUT2D eigenvalue weighted by molar-refractivity contribution is -0.870. The molecule has 0 aromatic rings. The van der Waals surface area contributed by atoms with Crippen LogP contribution in [0.5, 0.6) is 0 Å². The van der Waals surface area contributed by atoms with Crippen molar-refractivity contribution in [3.63, 3.8) is 0 Å².